The lowest BCUT2D eigenvalue weighted by Crippen LogP contribution is -2.25. The van der Waals surface area contributed by atoms with E-state index in [9.17, 15) is 10.1 Å². The topological polar surface area (TPSA) is 111 Å². The Labute approximate surface area is 150 Å². The van der Waals surface area contributed by atoms with Gasteiger partial charge in [-0.1, -0.05) is 18.2 Å². The zero-order valence-electron chi connectivity index (χ0n) is 14.4. The number of ether oxygens (including phenoxy) is 2. The van der Waals surface area contributed by atoms with Crippen LogP contribution in [0.5, 0.6) is 0 Å². The molecule has 1 aromatic carbocycles. The standard InChI is InChI=1S/C19H17N3O4/c1-3-24-19(23)16-11(2)26-18(21)14(8-20)17(16)13-6-4-5-12(7-13)15-9-22-10-25-15/h4-7,9-10,17H,3,21H2,1-2H3. The lowest BCUT2D eigenvalue weighted by molar-refractivity contribution is -0.139. The van der Waals surface area contributed by atoms with Gasteiger partial charge in [0.15, 0.2) is 12.2 Å². The van der Waals surface area contributed by atoms with Crippen molar-refractivity contribution in [3.05, 3.63) is 65.2 Å². The zero-order chi connectivity index (χ0) is 18.7. The molecule has 1 atom stereocenters. The average Bonchev–Trinajstić information content (AvgIpc) is 3.16. The second kappa shape index (κ2) is 7.15. The summed E-state index contributed by atoms with van der Waals surface area (Å²) in [5.74, 6) is -0.355. The highest BCUT2D eigenvalue weighted by molar-refractivity contribution is 5.92. The van der Waals surface area contributed by atoms with Crippen LogP contribution in [0.1, 0.15) is 25.3 Å². The predicted octanol–water partition coefficient (Wildman–Crippen LogP) is 2.99. The molecule has 0 saturated carbocycles. The summed E-state index contributed by atoms with van der Waals surface area (Å²) < 4.78 is 15.9. The summed E-state index contributed by atoms with van der Waals surface area (Å²) in [7, 11) is 0. The number of allylic oxidation sites excluding steroid dienone is 2. The fraction of sp³-hybridized carbons (Fsp3) is 0.211. The van der Waals surface area contributed by atoms with Gasteiger partial charge in [-0.3, -0.25) is 0 Å². The van der Waals surface area contributed by atoms with Crippen molar-refractivity contribution < 1.29 is 18.7 Å². The molecule has 132 valence electrons. The number of nitriles is 1. The molecule has 1 aliphatic heterocycles. The van der Waals surface area contributed by atoms with Crippen LogP contribution in [0.25, 0.3) is 11.3 Å². The summed E-state index contributed by atoms with van der Waals surface area (Å²) in [6.07, 6.45) is 2.93. The van der Waals surface area contributed by atoms with Crippen LogP contribution in [0, 0.1) is 11.3 Å². The van der Waals surface area contributed by atoms with Gasteiger partial charge in [0.05, 0.1) is 24.3 Å². The molecule has 7 nitrogen and oxygen atoms in total. The molecule has 0 radical (unpaired) electrons. The van der Waals surface area contributed by atoms with Crippen molar-refractivity contribution in [3.8, 4) is 17.4 Å². The summed E-state index contributed by atoms with van der Waals surface area (Å²) in [6.45, 7) is 3.55. The Balaban J connectivity index is 2.14. The minimum atomic E-state index is -0.685. The van der Waals surface area contributed by atoms with E-state index in [1.807, 2.05) is 24.3 Å². The molecule has 0 fully saturated rings. The van der Waals surface area contributed by atoms with Gasteiger partial charge in [-0.2, -0.15) is 5.26 Å². The quantitative estimate of drug-likeness (QED) is 0.843. The maximum absolute atomic E-state index is 12.5. The van der Waals surface area contributed by atoms with Gasteiger partial charge in [0.1, 0.15) is 17.4 Å². The van der Waals surface area contributed by atoms with Gasteiger partial charge in [0.25, 0.3) is 0 Å². The van der Waals surface area contributed by atoms with Crippen LogP contribution in [-0.4, -0.2) is 17.6 Å². The second-order valence-electron chi connectivity index (χ2n) is 5.61. The van der Waals surface area contributed by atoms with Crippen molar-refractivity contribution in [1.29, 1.82) is 5.26 Å². The van der Waals surface area contributed by atoms with Crippen LogP contribution in [0.4, 0.5) is 0 Å². The average molecular weight is 351 g/mol. The molecule has 2 N–H and O–H groups in total. The van der Waals surface area contributed by atoms with Crippen LogP contribution in [-0.2, 0) is 14.3 Å². The van der Waals surface area contributed by atoms with Gasteiger partial charge < -0.3 is 19.6 Å². The van der Waals surface area contributed by atoms with Crippen molar-refractivity contribution in [2.24, 2.45) is 5.73 Å². The molecule has 0 saturated heterocycles. The van der Waals surface area contributed by atoms with Gasteiger partial charge in [-0.25, -0.2) is 9.78 Å². The molecular weight excluding hydrogens is 334 g/mol. The van der Waals surface area contributed by atoms with Crippen molar-refractivity contribution in [3.63, 3.8) is 0 Å². The minimum Gasteiger partial charge on any atom is -0.463 e. The summed E-state index contributed by atoms with van der Waals surface area (Å²) in [5, 5.41) is 9.59. The molecule has 26 heavy (non-hydrogen) atoms. The van der Waals surface area contributed by atoms with Gasteiger partial charge >= 0.3 is 5.97 Å². The molecule has 2 heterocycles. The Morgan fingerprint density at radius 3 is 2.92 bits per heavy atom. The number of oxazole rings is 1. The lowest BCUT2D eigenvalue weighted by Gasteiger charge is -2.27. The third-order valence-corrected chi connectivity index (χ3v) is 4.04. The lowest BCUT2D eigenvalue weighted by atomic mass is 9.82. The van der Waals surface area contributed by atoms with Gasteiger partial charge in [-0.05, 0) is 25.5 Å². The predicted molar refractivity (Wildman–Crippen MR) is 91.9 cm³/mol. The van der Waals surface area contributed by atoms with Crippen molar-refractivity contribution >= 4 is 5.97 Å². The highest BCUT2D eigenvalue weighted by Gasteiger charge is 2.36. The Kier molecular flexibility index (Phi) is 4.76. The Morgan fingerprint density at radius 2 is 2.27 bits per heavy atom. The Bertz CT molecular complexity index is 936. The number of benzene rings is 1. The van der Waals surface area contributed by atoms with Crippen LogP contribution >= 0.6 is 0 Å². The molecular formula is C19H17N3O4. The summed E-state index contributed by atoms with van der Waals surface area (Å²) in [5.41, 5.74) is 7.78. The number of nitrogens with zero attached hydrogens (tertiary/aromatic N) is 2. The highest BCUT2D eigenvalue weighted by Crippen LogP contribution is 2.40. The van der Waals surface area contributed by atoms with E-state index in [1.54, 1.807) is 20.0 Å². The molecule has 0 spiro atoms. The smallest absolute Gasteiger partial charge is 0.338 e. The monoisotopic (exact) mass is 351 g/mol. The summed E-state index contributed by atoms with van der Waals surface area (Å²) >= 11 is 0. The van der Waals surface area contributed by atoms with Crippen molar-refractivity contribution in [2.75, 3.05) is 6.61 Å². The van der Waals surface area contributed by atoms with E-state index in [1.165, 1.54) is 6.39 Å². The first kappa shape index (κ1) is 17.3. The Morgan fingerprint density at radius 1 is 1.46 bits per heavy atom. The third-order valence-electron chi connectivity index (χ3n) is 4.04. The van der Waals surface area contributed by atoms with Gasteiger partial charge in [0, 0.05) is 5.56 Å². The minimum absolute atomic E-state index is 0.0203. The highest BCUT2D eigenvalue weighted by atomic mass is 16.5. The molecule has 0 aliphatic carbocycles. The van der Waals surface area contributed by atoms with E-state index in [2.05, 4.69) is 11.1 Å². The molecule has 0 bridgehead atoms. The first-order valence-electron chi connectivity index (χ1n) is 8.01. The van der Waals surface area contributed by atoms with Crippen molar-refractivity contribution in [1.82, 2.24) is 4.98 Å². The number of esters is 1. The number of nitrogens with two attached hydrogens (primary N) is 1. The molecule has 1 aromatic heterocycles. The summed E-state index contributed by atoms with van der Waals surface area (Å²) in [4.78, 5) is 16.4. The fourth-order valence-corrected chi connectivity index (χ4v) is 2.92. The van der Waals surface area contributed by atoms with Gasteiger partial charge in [-0.15, -0.1) is 0 Å². The van der Waals surface area contributed by atoms with E-state index < -0.39 is 11.9 Å². The van der Waals surface area contributed by atoms with E-state index >= 15 is 0 Å². The number of carbonyl (C=O) groups is 1. The first-order valence-corrected chi connectivity index (χ1v) is 8.01. The van der Waals surface area contributed by atoms with E-state index in [0.29, 0.717) is 17.1 Å². The molecule has 2 aromatic rings. The normalized spacial score (nSPS) is 16.9. The number of rotatable bonds is 4. The zero-order valence-corrected chi connectivity index (χ0v) is 14.4. The van der Waals surface area contributed by atoms with Gasteiger partial charge in [0.2, 0.25) is 5.88 Å². The number of aromatic nitrogens is 1. The maximum atomic E-state index is 12.5. The van der Waals surface area contributed by atoms with E-state index in [-0.39, 0.29) is 23.6 Å². The third kappa shape index (κ3) is 3.05. The second-order valence-corrected chi connectivity index (χ2v) is 5.61. The van der Waals surface area contributed by atoms with Crippen LogP contribution in [0.2, 0.25) is 0 Å². The van der Waals surface area contributed by atoms with Crippen LogP contribution in [0.15, 0.2) is 64.1 Å². The first-order chi connectivity index (χ1) is 12.6. The number of carbonyl (C=O) groups excluding carboxylic acids is 1. The van der Waals surface area contributed by atoms with E-state index in [4.69, 9.17) is 19.6 Å². The fourth-order valence-electron chi connectivity index (χ4n) is 2.92. The van der Waals surface area contributed by atoms with E-state index in [0.717, 1.165) is 5.56 Å². The largest absolute Gasteiger partial charge is 0.463 e. The maximum Gasteiger partial charge on any atom is 0.338 e. The molecule has 0 amide bonds. The summed E-state index contributed by atoms with van der Waals surface area (Å²) in [6, 6.07) is 9.36. The molecule has 1 unspecified atom stereocenters. The van der Waals surface area contributed by atoms with Crippen molar-refractivity contribution in [2.45, 2.75) is 19.8 Å². The molecule has 3 rings (SSSR count). The van der Waals surface area contributed by atoms with Crippen LogP contribution < -0.4 is 5.73 Å². The molecule has 7 heteroatoms. The Hall–Kier alpha value is -3.53. The number of hydrogen-bond donors (Lipinski definition) is 1. The molecule has 1 aliphatic rings. The SMILES string of the molecule is CCOC(=O)C1=C(C)OC(N)=C(C#N)C1c1cccc(-c2cnco2)c1. The van der Waals surface area contributed by atoms with Crippen LogP contribution in [0.3, 0.4) is 0 Å². The number of hydrogen-bond acceptors (Lipinski definition) is 7.